The van der Waals surface area contributed by atoms with Gasteiger partial charge in [0.15, 0.2) is 0 Å². The smallest absolute Gasteiger partial charge is 0.243 e. The van der Waals surface area contributed by atoms with E-state index in [2.05, 4.69) is 10.4 Å². The first-order valence-electron chi connectivity index (χ1n) is 11.3. The Morgan fingerprint density at radius 1 is 1.06 bits per heavy atom. The van der Waals surface area contributed by atoms with Crippen molar-refractivity contribution in [3.8, 4) is 11.4 Å². The van der Waals surface area contributed by atoms with Gasteiger partial charge in [0, 0.05) is 36.8 Å². The summed E-state index contributed by atoms with van der Waals surface area (Å²) >= 11 is 0. The van der Waals surface area contributed by atoms with Gasteiger partial charge < -0.3 is 10.1 Å². The van der Waals surface area contributed by atoms with E-state index in [0.29, 0.717) is 38.2 Å². The monoisotopic (exact) mass is 482 g/mol. The predicted octanol–water partition coefficient (Wildman–Crippen LogP) is 3.21. The lowest BCUT2D eigenvalue weighted by molar-refractivity contribution is -0.126. The fourth-order valence-corrected chi connectivity index (χ4v) is 5.80. The highest BCUT2D eigenvalue weighted by Crippen LogP contribution is 2.25. The Morgan fingerprint density at radius 3 is 2.32 bits per heavy atom. The Kier molecular flexibility index (Phi) is 7.04. The lowest BCUT2D eigenvalue weighted by atomic mass is 9.97. The molecular formula is C25H30N4O4S. The molecule has 9 heteroatoms. The van der Waals surface area contributed by atoms with Crippen LogP contribution in [-0.2, 0) is 21.4 Å². The summed E-state index contributed by atoms with van der Waals surface area (Å²) in [4.78, 5) is 13.1. The largest absolute Gasteiger partial charge is 0.497 e. The molecule has 0 saturated carbocycles. The number of methoxy groups -OCH3 is 1. The van der Waals surface area contributed by atoms with E-state index in [1.165, 1.54) is 11.4 Å². The maximum atomic E-state index is 12.9. The molecule has 1 fully saturated rings. The number of para-hydroxylation sites is 1. The highest BCUT2D eigenvalue weighted by Gasteiger charge is 2.32. The van der Waals surface area contributed by atoms with Crippen LogP contribution in [0, 0.1) is 19.8 Å². The zero-order chi connectivity index (χ0) is 24.3. The first-order valence-corrected chi connectivity index (χ1v) is 12.8. The average molecular weight is 483 g/mol. The number of nitrogens with zero attached hydrogens (tertiary/aromatic N) is 3. The second-order valence-electron chi connectivity index (χ2n) is 8.47. The number of nitrogens with one attached hydrogen (secondary N) is 1. The van der Waals surface area contributed by atoms with Crippen molar-refractivity contribution in [3.05, 3.63) is 71.5 Å². The van der Waals surface area contributed by atoms with E-state index in [9.17, 15) is 13.2 Å². The topological polar surface area (TPSA) is 93.5 Å². The third-order valence-electron chi connectivity index (χ3n) is 6.40. The molecule has 0 unspecified atom stereocenters. The van der Waals surface area contributed by atoms with Crippen LogP contribution in [0.25, 0.3) is 5.69 Å². The number of rotatable bonds is 7. The van der Waals surface area contributed by atoms with Crippen molar-refractivity contribution in [3.63, 3.8) is 0 Å². The molecule has 3 aromatic rings. The molecule has 2 heterocycles. The van der Waals surface area contributed by atoms with Gasteiger partial charge >= 0.3 is 0 Å². The Bertz CT molecular complexity index is 1250. The van der Waals surface area contributed by atoms with E-state index in [-0.39, 0.29) is 16.7 Å². The second-order valence-corrected chi connectivity index (χ2v) is 10.4. The molecule has 0 radical (unpaired) electrons. The molecule has 1 aliphatic rings. The van der Waals surface area contributed by atoms with Crippen molar-refractivity contribution in [1.82, 2.24) is 19.4 Å². The third-order valence-corrected chi connectivity index (χ3v) is 8.32. The zero-order valence-corrected chi connectivity index (χ0v) is 20.5. The molecule has 4 rings (SSSR count). The van der Waals surface area contributed by atoms with Crippen molar-refractivity contribution in [2.75, 3.05) is 20.2 Å². The number of aryl methyl sites for hydroxylation is 1. The average Bonchev–Trinajstić information content (AvgIpc) is 3.16. The summed E-state index contributed by atoms with van der Waals surface area (Å²) < 4.78 is 34.3. The number of aromatic nitrogens is 2. The van der Waals surface area contributed by atoms with E-state index in [4.69, 9.17) is 4.74 Å². The van der Waals surface area contributed by atoms with Crippen molar-refractivity contribution >= 4 is 15.9 Å². The number of sulfonamides is 1. The number of amides is 1. The van der Waals surface area contributed by atoms with E-state index in [1.807, 2.05) is 48.9 Å². The Balaban J connectivity index is 1.35. The van der Waals surface area contributed by atoms with Gasteiger partial charge in [0.05, 0.1) is 23.4 Å². The van der Waals surface area contributed by atoms with Crippen LogP contribution >= 0.6 is 0 Å². The predicted molar refractivity (Wildman–Crippen MR) is 129 cm³/mol. The Hall–Kier alpha value is -3.17. The maximum Gasteiger partial charge on any atom is 0.243 e. The number of hydrogen-bond acceptors (Lipinski definition) is 5. The molecule has 180 valence electrons. The van der Waals surface area contributed by atoms with Crippen LogP contribution in [0.3, 0.4) is 0 Å². The fraction of sp³-hybridized carbons (Fsp3) is 0.360. The van der Waals surface area contributed by atoms with Crippen LogP contribution in [0.5, 0.6) is 5.75 Å². The summed E-state index contributed by atoms with van der Waals surface area (Å²) in [6, 6.07) is 16.3. The van der Waals surface area contributed by atoms with Crippen LogP contribution < -0.4 is 10.1 Å². The maximum absolute atomic E-state index is 12.9. The highest BCUT2D eigenvalue weighted by molar-refractivity contribution is 7.89. The molecule has 34 heavy (non-hydrogen) atoms. The number of carbonyl (C=O) groups is 1. The van der Waals surface area contributed by atoms with Gasteiger partial charge in [-0.15, -0.1) is 0 Å². The van der Waals surface area contributed by atoms with Crippen LogP contribution in [0.2, 0.25) is 0 Å². The summed E-state index contributed by atoms with van der Waals surface area (Å²) in [5.74, 6) is 0.342. The zero-order valence-electron chi connectivity index (χ0n) is 19.7. The highest BCUT2D eigenvalue weighted by atomic mass is 32.2. The van der Waals surface area contributed by atoms with Crippen molar-refractivity contribution in [1.29, 1.82) is 0 Å². The Labute approximate surface area is 200 Å². The van der Waals surface area contributed by atoms with E-state index < -0.39 is 10.0 Å². The fourth-order valence-electron chi connectivity index (χ4n) is 4.33. The normalized spacial score (nSPS) is 15.3. The van der Waals surface area contributed by atoms with Gasteiger partial charge in [-0.1, -0.05) is 18.2 Å². The minimum Gasteiger partial charge on any atom is -0.497 e. The number of benzene rings is 2. The SMILES string of the molecule is COc1ccc(S(=O)(=O)N2CCC(C(=O)NCc3c(C)nn(-c4ccccc4)c3C)CC2)cc1. The van der Waals surface area contributed by atoms with Gasteiger partial charge in [-0.3, -0.25) is 4.79 Å². The van der Waals surface area contributed by atoms with Crippen molar-refractivity contribution < 1.29 is 17.9 Å². The molecular weight excluding hydrogens is 452 g/mol. The molecule has 8 nitrogen and oxygen atoms in total. The van der Waals surface area contributed by atoms with Gasteiger partial charge in [-0.05, 0) is 63.1 Å². The van der Waals surface area contributed by atoms with Gasteiger partial charge in [0.1, 0.15) is 5.75 Å². The summed E-state index contributed by atoms with van der Waals surface area (Å²) in [6.45, 7) is 4.97. The summed E-state index contributed by atoms with van der Waals surface area (Å²) in [5, 5.41) is 7.67. The standard InChI is InChI=1S/C25H30N4O4S/c1-18-24(19(2)29(27-18)21-7-5-4-6-8-21)17-26-25(30)20-13-15-28(16-14-20)34(31,32)23-11-9-22(33-3)10-12-23/h4-12,20H,13-17H2,1-3H3,(H,26,30). The number of piperidine rings is 1. The third kappa shape index (κ3) is 4.85. The van der Waals surface area contributed by atoms with Gasteiger partial charge in [-0.25, -0.2) is 13.1 Å². The molecule has 0 aliphatic carbocycles. The lowest BCUT2D eigenvalue weighted by Gasteiger charge is -2.30. The number of hydrogen-bond donors (Lipinski definition) is 1. The minimum absolute atomic E-state index is 0.0484. The molecule has 1 saturated heterocycles. The van der Waals surface area contributed by atoms with Crippen LogP contribution in [0.15, 0.2) is 59.5 Å². The molecule has 1 aromatic heterocycles. The van der Waals surface area contributed by atoms with Crippen molar-refractivity contribution in [2.24, 2.45) is 5.92 Å². The quantitative estimate of drug-likeness (QED) is 0.558. The molecule has 1 aliphatic heterocycles. The summed E-state index contributed by atoms with van der Waals surface area (Å²) in [5.41, 5.74) is 3.84. The second kappa shape index (κ2) is 9.99. The van der Waals surface area contributed by atoms with E-state index >= 15 is 0 Å². The van der Waals surface area contributed by atoms with Gasteiger partial charge in [-0.2, -0.15) is 9.40 Å². The molecule has 0 spiro atoms. The molecule has 0 atom stereocenters. The molecule has 0 bridgehead atoms. The Morgan fingerprint density at radius 2 is 1.71 bits per heavy atom. The van der Waals surface area contributed by atoms with E-state index in [1.54, 1.807) is 24.3 Å². The number of ether oxygens (including phenoxy) is 1. The first-order chi connectivity index (χ1) is 16.3. The van der Waals surface area contributed by atoms with Crippen LogP contribution in [0.1, 0.15) is 29.8 Å². The van der Waals surface area contributed by atoms with Gasteiger partial charge in [0.25, 0.3) is 0 Å². The van der Waals surface area contributed by atoms with Crippen LogP contribution in [0.4, 0.5) is 0 Å². The molecule has 2 aromatic carbocycles. The number of carbonyl (C=O) groups excluding carboxylic acids is 1. The van der Waals surface area contributed by atoms with E-state index in [0.717, 1.165) is 22.6 Å². The molecule has 1 N–H and O–H groups in total. The lowest BCUT2D eigenvalue weighted by Crippen LogP contribution is -2.42. The minimum atomic E-state index is -3.59. The molecule has 1 amide bonds. The summed E-state index contributed by atoms with van der Waals surface area (Å²) in [6.07, 6.45) is 0.977. The van der Waals surface area contributed by atoms with Crippen LogP contribution in [-0.4, -0.2) is 48.6 Å². The van der Waals surface area contributed by atoms with Crippen molar-refractivity contribution in [2.45, 2.75) is 38.1 Å². The first kappa shape index (κ1) is 24.0. The van der Waals surface area contributed by atoms with Gasteiger partial charge in [0.2, 0.25) is 15.9 Å². The summed E-state index contributed by atoms with van der Waals surface area (Å²) in [7, 11) is -2.05.